The molecule has 1 N–H and O–H groups in total. The predicted molar refractivity (Wildman–Crippen MR) is 82.8 cm³/mol. The zero-order chi connectivity index (χ0) is 14.2. The molecule has 2 heterocycles. The maximum absolute atomic E-state index is 12.2. The van der Waals surface area contributed by atoms with Gasteiger partial charge in [-0.25, -0.2) is 0 Å². The molecule has 4 nitrogen and oxygen atoms in total. The second-order valence-corrected chi connectivity index (χ2v) is 6.24. The lowest BCUT2D eigenvalue weighted by molar-refractivity contribution is -0.129. The van der Waals surface area contributed by atoms with Crippen molar-refractivity contribution in [3.8, 4) is 0 Å². The first kappa shape index (κ1) is 15.3. The lowest BCUT2D eigenvalue weighted by atomic mass is 9.93. The second kappa shape index (κ2) is 8.27. The molecule has 0 aliphatic carbocycles. The molecule has 110 valence electrons. The standard InChI is InChI=1S/C15H23N3OS/c1-16-7-2-13-5-10-18(11-6-13)15(19)12-20-14-3-8-17-9-4-14/h3-4,8-9,13,16H,2,5-7,10-12H2,1H3. The number of piperidine rings is 1. The van der Waals surface area contributed by atoms with Gasteiger partial charge in [-0.05, 0) is 50.9 Å². The van der Waals surface area contributed by atoms with Crippen LogP contribution in [0.4, 0.5) is 0 Å². The van der Waals surface area contributed by atoms with E-state index in [0.29, 0.717) is 5.75 Å². The summed E-state index contributed by atoms with van der Waals surface area (Å²) in [5, 5.41) is 3.20. The lowest BCUT2D eigenvalue weighted by Gasteiger charge is -2.32. The van der Waals surface area contributed by atoms with Crippen LogP contribution in [0.15, 0.2) is 29.4 Å². The molecule has 0 aromatic carbocycles. The van der Waals surface area contributed by atoms with E-state index in [-0.39, 0.29) is 5.91 Å². The Hall–Kier alpha value is -1.07. The monoisotopic (exact) mass is 293 g/mol. The quantitative estimate of drug-likeness (QED) is 0.815. The Bertz CT molecular complexity index is 405. The van der Waals surface area contributed by atoms with Gasteiger partial charge >= 0.3 is 0 Å². The molecule has 0 unspecified atom stereocenters. The topological polar surface area (TPSA) is 45.2 Å². The van der Waals surface area contributed by atoms with Gasteiger partial charge in [0.25, 0.3) is 0 Å². The summed E-state index contributed by atoms with van der Waals surface area (Å²) in [5.41, 5.74) is 0. The minimum atomic E-state index is 0.263. The molecule has 1 aliphatic rings. The van der Waals surface area contributed by atoms with Crippen molar-refractivity contribution in [2.24, 2.45) is 5.92 Å². The third-order valence-corrected chi connectivity index (χ3v) is 4.78. The molecule has 0 radical (unpaired) electrons. The van der Waals surface area contributed by atoms with Gasteiger partial charge in [0.2, 0.25) is 5.91 Å². The Morgan fingerprint density at radius 1 is 1.40 bits per heavy atom. The molecule has 1 amide bonds. The SMILES string of the molecule is CNCCC1CCN(C(=O)CSc2ccncc2)CC1. The average molecular weight is 293 g/mol. The normalized spacial score (nSPS) is 16.4. The van der Waals surface area contributed by atoms with Crippen LogP contribution in [0.5, 0.6) is 0 Å². The Labute approximate surface area is 125 Å². The predicted octanol–water partition coefficient (Wildman–Crippen LogP) is 2.02. The number of amides is 1. The molecule has 0 spiro atoms. The third kappa shape index (κ3) is 4.80. The summed E-state index contributed by atoms with van der Waals surface area (Å²) in [6, 6.07) is 3.89. The van der Waals surface area contributed by atoms with Crippen molar-refractivity contribution < 1.29 is 4.79 Å². The van der Waals surface area contributed by atoms with Crippen LogP contribution in [0.3, 0.4) is 0 Å². The Morgan fingerprint density at radius 2 is 2.10 bits per heavy atom. The van der Waals surface area contributed by atoms with Crippen molar-refractivity contribution in [2.75, 3.05) is 32.4 Å². The maximum atomic E-state index is 12.2. The number of aromatic nitrogens is 1. The molecule has 20 heavy (non-hydrogen) atoms. The van der Waals surface area contributed by atoms with Crippen molar-refractivity contribution in [3.63, 3.8) is 0 Å². The van der Waals surface area contributed by atoms with E-state index in [1.165, 1.54) is 6.42 Å². The van der Waals surface area contributed by atoms with E-state index in [1.54, 1.807) is 24.2 Å². The minimum Gasteiger partial charge on any atom is -0.342 e. The Morgan fingerprint density at radius 3 is 2.75 bits per heavy atom. The van der Waals surface area contributed by atoms with E-state index < -0.39 is 0 Å². The molecular weight excluding hydrogens is 270 g/mol. The number of nitrogens with one attached hydrogen (secondary N) is 1. The van der Waals surface area contributed by atoms with Crippen LogP contribution >= 0.6 is 11.8 Å². The largest absolute Gasteiger partial charge is 0.342 e. The van der Waals surface area contributed by atoms with E-state index in [9.17, 15) is 4.79 Å². The molecule has 0 atom stereocenters. The molecule has 1 aliphatic heterocycles. The van der Waals surface area contributed by atoms with Gasteiger partial charge in [-0.15, -0.1) is 11.8 Å². The van der Waals surface area contributed by atoms with Crippen LogP contribution in [0, 0.1) is 5.92 Å². The maximum Gasteiger partial charge on any atom is 0.232 e. The lowest BCUT2D eigenvalue weighted by Crippen LogP contribution is -2.39. The van der Waals surface area contributed by atoms with Crippen LogP contribution < -0.4 is 5.32 Å². The number of likely N-dealkylation sites (tertiary alicyclic amines) is 1. The summed E-state index contributed by atoms with van der Waals surface area (Å²) in [6.07, 6.45) is 7.05. The number of pyridine rings is 1. The van der Waals surface area contributed by atoms with Crippen LogP contribution in [-0.2, 0) is 4.79 Å². The van der Waals surface area contributed by atoms with Crippen molar-refractivity contribution in [1.82, 2.24) is 15.2 Å². The fourth-order valence-electron chi connectivity index (χ4n) is 2.49. The van der Waals surface area contributed by atoms with Gasteiger partial charge in [-0.2, -0.15) is 0 Å². The van der Waals surface area contributed by atoms with Gasteiger partial charge in [-0.3, -0.25) is 9.78 Å². The Balaban J connectivity index is 1.69. The van der Waals surface area contributed by atoms with E-state index in [2.05, 4.69) is 10.3 Å². The highest BCUT2D eigenvalue weighted by molar-refractivity contribution is 8.00. The van der Waals surface area contributed by atoms with Crippen molar-refractivity contribution in [1.29, 1.82) is 0 Å². The number of hydrogen-bond donors (Lipinski definition) is 1. The number of thioether (sulfide) groups is 1. The smallest absolute Gasteiger partial charge is 0.232 e. The van der Waals surface area contributed by atoms with E-state index >= 15 is 0 Å². The third-order valence-electron chi connectivity index (χ3n) is 3.78. The highest BCUT2D eigenvalue weighted by Crippen LogP contribution is 2.22. The van der Waals surface area contributed by atoms with E-state index in [4.69, 9.17) is 0 Å². The molecule has 0 bridgehead atoms. The first-order valence-electron chi connectivity index (χ1n) is 7.25. The summed E-state index contributed by atoms with van der Waals surface area (Å²) in [6.45, 7) is 2.92. The van der Waals surface area contributed by atoms with E-state index in [0.717, 1.165) is 43.3 Å². The summed E-state index contributed by atoms with van der Waals surface area (Å²) in [4.78, 5) is 19.3. The van der Waals surface area contributed by atoms with Crippen LogP contribution in [0.25, 0.3) is 0 Å². The number of nitrogens with zero attached hydrogens (tertiary/aromatic N) is 2. The van der Waals surface area contributed by atoms with Gasteiger partial charge in [0, 0.05) is 30.4 Å². The zero-order valence-electron chi connectivity index (χ0n) is 12.0. The average Bonchev–Trinajstić information content (AvgIpc) is 2.52. The van der Waals surface area contributed by atoms with E-state index in [1.807, 2.05) is 24.1 Å². The number of hydrogen-bond acceptors (Lipinski definition) is 4. The Kier molecular flexibility index (Phi) is 6.33. The second-order valence-electron chi connectivity index (χ2n) is 5.19. The molecule has 0 saturated carbocycles. The summed E-state index contributed by atoms with van der Waals surface area (Å²) >= 11 is 1.60. The zero-order valence-corrected chi connectivity index (χ0v) is 12.9. The van der Waals surface area contributed by atoms with Gasteiger partial charge < -0.3 is 10.2 Å². The molecular formula is C15H23N3OS. The summed E-state index contributed by atoms with van der Waals surface area (Å²) in [7, 11) is 2.00. The van der Waals surface area contributed by atoms with Crippen molar-refractivity contribution >= 4 is 17.7 Å². The van der Waals surface area contributed by atoms with Crippen molar-refractivity contribution in [3.05, 3.63) is 24.5 Å². The van der Waals surface area contributed by atoms with Gasteiger partial charge in [0.05, 0.1) is 5.75 Å². The fourth-order valence-corrected chi connectivity index (χ4v) is 3.28. The molecule has 5 heteroatoms. The minimum absolute atomic E-state index is 0.263. The molecule has 1 saturated heterocycles. The summed E-state index contributed by atoms with van der Waals surface area (Å²) in [5.74, 6) is 1.57. The number of carbonyl (C=O) groups excluding carboxylic acids is 1. The molecule has 1 fully saturated rings. The molecule has 2 rings (SSSR count). The molecule has 1 aromatic heterocycles. The highest BCUT2D eigenvalue weighted by atomic mass is 32.2. The van der Waals surface area contributed by atoms with Gasteiger partial charge in [0.1, 0.15) is 0 Å². The van der Waals surface area contributed by atoms with Crippen molar-refractivity contribution in [2.45, 2.75) is 24.2 Å². The fraction of sp³-hybridized carbons (Fsp3) is 0.600. The first-order chi connectivity index (χ1) is 9.79. The number of carbonyl (C=O) groups is 1. The first-order valence-corrected chi connectivity index (χ1v) is 8.23. The van der Waals surface area contributed by atoms with Crippen LogP contribution in [0.2, 0.25) is 0 Å². The van der Waals surface area contributed by atoms with Gasteiger partial charge in [0.15, 0.2) is 0 Å². The number of rotatable bonds is 6. The highest BCUT2D eigenvalue weighted by Gasteiger charge is 2.22. The van der Waals surface area contributed by atoms with Gasteiger partial charge in [-0.1, -0.05) is 0 Å². The summed E-state index contributed by atoms with van der Waals surface area (Å²) < 4.78 is 0. The molecule has 1 aromatic rings. The van der Waals surface area contributed by atoms with Crippen LogP contribution in [-0.4, -0.2) is 48.2 Å². The van der Waals surface area contributed by atoms with Crippen LogP contribution in [0.1, 0.15) is 19.3 Å².